The maximum atomic E-state index is 13.8. The second-order valence-corrected chi connectivity index (χ2v) is 6.98. The van der Waals surface area contributed by atoms with Crippen molar-refractivity contribution in [3.05, 3.63) is 54.1 Å². The number of halogens is 3. The molecule has 2 heterocycles. The molecule has 5 nitrogen and oxygen atoms in total. The van der Waals surface area contributed by atoms with Gasteiger partial charge in [0.1, 0.15) is 11.6 Å². The van der Waals surface area contributed by atoms with Gasteiger partial charge in [-0.1, -0.05) is 13.0 Å². The first-order chi connectivity index (χ1) is 13.1. The lowest BCUT2D eigenvalue weighted by molar-refractivity contribution is 0.189. The van der Waals surface area contributed by atoms with E-state index in [4.69, 9.17) is 0 Å². The minimum atomic E-state index is -0.512. The molecule has 1 fully saturated rings. The van der Waals surface area contributed by atoms with Gasteiger partial charge < -0.3 is 14.8 Å². The van der Waals surface area contributed by atoms with Gasteiger partial charge in [-0.25, -0.2) is 13.8 Å². The van der Waals surface area contributed by atoms with Crippen LogP contribution in [0.4, 0.5) is 8.78 Å². The van der Waals surface area contributed by atoms with Gasteiger partial charge in [0.2, 0.25) is 0 Å². The quantitative estimate of drug-likeness (QED) is 0.383. The first kappa shape index (κ1) is 22.6. The minimum absolute atomic E-state index is 0. The Balaban J connectivity index is 0.00000280. The zero-order valence-electron chi connectivity index (χ0n) is 16.3. The zero-order valence-corrected chi connectivity index (χ0v) is 18.6. The summed E-state index contributed by atoms with van der Waals surface area (Å²) in [5.41, 5.74) is 0.0978. The van der Waals surface area contributed by atoms with Crippen molar-refractivity contribution in [3.8, 4) is 0 Å². The van der Waals surface area contributed by atoms with Crippen LogP contribution in [0.5, 0.6) is 0 Å². The van der Waals surface area contributed by atoms with E-state index in [0.717, 1.165) is 32.0 Å². The molecule has 1 aromatic carbocycles. The standard InChI is InChI=1S/C20H27F2N5.HI/c1-3-24-20(25-9-7-16-17(21)5-4-6-18(16)22)26-11-8-15(2)19(13-26)27-12-10-23-14-27;/h4-6,10,12,14-15,19H,3,7-9,11,13H2,1-2H3,(H,24,25);1H. The third-order valence-electron chi connectivity index (χ3n) is 5.15. The number of hydrogen-bond donors (Lipinski definition) is 1. The average molecular weight is 503 g/mol. The first-order valence-electron chi connectivity index (χ1n) is 9.53. The molecule has 2 aromatic rings. The van der Waals surface area contributed by atoms with Crippen LogP contribution in [-0.2, 0) is 6.42 Å². The fraction of sp³-hybridized carbons (Fsp3) is 0.500. The number of piperidine rings is 1. The van der Waals surface area contributed by atoms with E-state index in [2.05, 4.69) is 31.7 Å². The molecular weight excluding hydrogens is 475 g/mol. The number of nitrogens with one attached hydrogen (secondary N) is 1. The highest BCUT2D eigenvalue weighted by Gasteiger charge is 2.28. The number of likely N-dealkylation sites (tertiary alicyclic amines) is 1. The Kier molecular flexibility index (Phi) is 8.65. The summed E-state index contributed by atoms with van der Waals surface area (Å²) in [5.74, 6) is 0.321. The Bertz CT molecular complexity index is 746. The van der Waals surface area contributed by atoms with Gasteiger partial charge in [0.25, 0.3) is 0 Å². The summed E-state index contributed by atoms with van der Waals surface area (Å²) in [6.45, 7) is 7.10. The van der Waals surface area contributed by atoms with E-state index in [1.807, 2.05) is 19.4 Å². The maximum Gasteiger partial charge on any atom is 0.193 e. The lowest BCUT2D eigenvalue weighted by Gasteiger charge is -2.39. The number of rotatable bonds is 5. The molecule has 2 unspecified atom stereocenters. The van der Waals surface area contributed by atoms with Crippen molar-refractivity contribution in [2.45, 2.75) is 32.7 Å². The van der Waals surface area contributed by atoms with Gasteiger partial charge >= 0.3 is 0 Å². The summed E-state index contributed by atoms with van der Waals surface area (Å²) in [6, 6.07) is 4.28. The minimum Gasteiger partial charge on any atom is -0.357 e. The molecule has 0 bridgehead atoms. The number of nitrogens with zero attached hydrogens (tertiary/aromatic N) is 4. The summed E-state index contributed by atoms with van der Waals surface area (Å²) in [7, 11) is 0. The fourth-order valence-corrected chi connectivity index (χ4v) is 3.57. The fourth-order valence-electron chi connectivity index (χ4n) is 3.57. The molecule has 8 heteroatoms. The van der Waals surface area contributed by atoms with Crippen LogP contribution in [0, 0.1) is 17.6 Å². The van der Waals surface area contributed by atoms with Crippen molar-refractivity contribution in [2.24, 2.45) is 10.9 Å². The second kappa shape index (κ2) is 10.7. The third kappa shape index (κ3) is 5.42. The van der Waals surface area contributed by atoms with E-state index in [-0.39, 0.29) is 36.0 Å². The highest BCUT2D eigenvalue weighted by Crippen LogP contribution is 2.27. The Morgan fingerprint density at radius 3 is 2.71 bits per heavy atom. The highest BCUT2D eigenvalue weighted by molar-refractivity contribution is 14.0. The molecule has 0 saturated carbocycles. The monoisotopic (exact) mass is 503 g/mol. The van der Waals surface area contributed by atoms with Crippen LogP contribution in [0.15, 0.2) is 41.9 Å². The van der Waals surface area contributed by atoms with E-state index >= 15 is 0 Å². The topological polar surface area (TPSA) is 45.5 Å². The molecule has 1 N–H and O–H groups in total. The Hall–Kier alpha value is -1.71. The predicted molar refractivity (Wildman–Crippen MR) is 118 cm³/mol. The van der Waals surface area contributed by atoms with Crippen molar-refractivity contribution in [3.63, 3.8) is 0 Å². The van der Waals surface area contributed by atoms with Gasteiger partial charge in [-0.05, 0) is 37.8 Å². The summed E-state index contributed by atoms with van der Waals surface area (Å²) < 4.78 is 29.8. The Morgan fingerprint density at radius 2 is 2.07 bits per heavy atom. The highest BCUT2D eigenvalue weighted by atomic mass is 127. The number of benzene rings is 1. The van der Waals surface area contributed by atoms with E-state index in [1.54, 1.807) is 6.20 Å². The van der Waals surface area contributed by atoms with E-state index in [0.29, 0.717) is 18.5 Å². The van der Waals surface area contributed by atoms with Crippen LogP contribution in [0.25, 0.3) is 0 Å². The molecule has 0 spiro atoms. The molecule has 0 amide bonds. The van der Waals surface area contributed by atoms with Gasteiger partial charge in [0, 0.05) is 44.1 Å². The summed E-state index contributed by atoms with van der Waals surface area (Å²) in [4.78, 5) is 11.0. The molecule has 2 atom stereocenters. The third-order valence-corrected chi connectivity index (χ3v) is 5.15. The molecular formula is C20H28F2IN5. The molecule has 0 aliphatic carbocycles. The van der Waals surface area contributed by atoms with Crippen molar-refractivity contribution < 1.29 is 8.78 Å². The molecule has 3 rings (SSSR count). The van der Waals surface area contributed by atoms with Crippen LogP contribution in [0.2, 0.25) is 0 Å². The molecule has 154 valence electrons. The van der Waals surface area contributed by atoms with Crippen LogP contribution >= 0.6 is 24.0 Å². The number of hydrogen-bond acceptors (Lipinski definition) is 2. The van der Waals surface area contributed by atoms with Crippen molar-refractivity contribution in [2.75, 3.05) is 26.2 Å². The van der Waals surface area contributed by atoms with Crippen molar-refractivity contribution >= 4 is 29.9 Å². The van der Waals surface area contributed by atoms with Crippen LogP contribution < -0.4 is 5.32 Å². The van der Waals surface area contributed by atoms with Gasteiger partial charge in [-0.3, -0.25) is 4.99 Å². The molecule has 1 saturated heterocycles. The molecule has 28 heavy (non-hydrogen) atoms. The van der Waals surface area contributed by atoms with Crippen LogP contribution in [-0.4, -0.2) is 46.6 Å². The lowest BCUT2D eigenvalue weighted by Crippen LogP contribution is -2.49. The van der Waals surface area contributed by atoms with Crippen molar-refractivity contribution in [1.82, 2.24) is 19.8 Å². The molecule has 1 aliphatic rings. The van der Waals surface area contributed by atoms with Gasteiger partial charge in [0.05, 0.1) is 12.4 Å². The SMILES string of the molecule is CCNC(=NCCc1c(F)cccc1F)N1CCC(C)C(n2ccnc2)C1.I. The van der Waals surface area contributed by atoms with E-state index in [1.165, 1.54) is 18.2 Å². The number of aliphatic imine (C=N–C) groups is 1. The molecule has 1 aliphatic heterocycles. The largest absolute Gasteiger partial charge is 0.357 e. The number of aromatic nitrogens is 2. The Labute approximate surface area is 182 Å². The zero-order chi connectivity index (χ0) is 19.2. The average Bonchev–Trinajstić information content (AvgIpc) is 3.18. The molecule has 0 radical (unpaired) electrons. The van der Waals surface area contributed by atoms with Gasteiger partial charge in [-0.15, -0.1) is 24.0 Å². The van der Waals surface area contributed by atoms with Crippen LogP contribution in [0.1, 0.15) is 31.9 Å². The normalized spacial score (nSPS) is 20.0. The lowest BCUT2D eigenvalue weighted by atomic mass is 9.93. The van der Waals surface area contributed by atoms with Gasteiger partial charge in [-0.2, -0.15) is 0 Å². The first-order valence-corrected chi connectivity index (χ1v) is 9.53. The summed E-state index contributed by atoms with van der Waals surface area (Å²) in [5, 5.41) is 3.31. The number of imidazole rings is 1. The van der Waals surface area contributed by atoms with Crippen LogP contribution in [0.3, 0.4) is 0 Å². The van der Waals surface area contributed by atoms with Crippen molar-refractivity contribution in [1.29, 1.82) is 0 Å². The van der Waals surface area contributed by atoms with Gasteiger partial charge in [0.15, 0.2) is 5.96 Å². The van der Waals surface area contributed by atoms with E-state index < -0.39 is 11.6 Å². The smallest absolute Gasteiger partial charge is 0.193 e. The summed E-state index contributed by atoms with van der Waals surface area (Å²) in [6.07, 6.45) is 6.94. The maximum absolute atomic E-state index is 13.8. The molecule has 1 aromatic heterocycles. The second-order valence-electron chi connectivity index (χ2n) is 6.98. The number of guanidine groups is 1. The predicted octanol–water partition coefficient (Wildman–Crippen LogP) is 3.87. The Morgan fingerprint density at radius 1 is 1.32 bits per heavy atom. The summed E-state index contributed by atoms with van der Waals surface area (Å²) >= 11 is 0. The van der Waals surface area contributed by atoms with E-state index in [9.17, 15) is 8.78 Å².